The molecule has 2 aromatic carbocycles. The molecule has 6 atom stereocenters. The van der Waals surface area contributed by atoms with Crippen molar-refractivity contribution in [2.75, 3.05) is 6.61 Å². The molecular formula is C27H28O14. The monoisotopic (exact) mass is 576 g/mol. The first-order valence-electron chi connectivity index (χ1n) is 12.3. The van der Waals surface area contributed by atoms with Gasteiger partial charge in [0.05, 0.1) is 18.4 Å². The minimum atomic E-state index is -1.90. The van der Waals surface area contributed by atoms with Crippen LogP contribution in [0.15, 0.2) is 51.7 Å². The number of aliphatic carboxylic acids is 1. The quantitative estimate of drug-likeness (QED) is 0.169. The van der Waals surface area contributed by atoms with Gasteiger partial charge in [0.15, 0.2) is 5.43 Å². The van der Waals surface area contributed by atoms with E-state index < -0.39 is 78.9 Å². The summed E-state index contributed by atoms with van der Waals surface area (Å²) < 4.78 is 21.8. The largest absolute Gasteiger partial charge is 0.508 e. The van der Waals surface area contributed by atoms with Gasteiger partial charge in [-0.05, 0) is 31.2 Å². The van der Waals surface area contributed by atoms with Gasteiger partial charge in [-0.25, -0.2) is 0 Å². The molecule has 14 nitrogen and oxygen atoms in total. The first-order valence-corrected chi connectivity index (χ1v) is 12.3. The van der Waals surface area contributed by atoms with Crippen molar-refractivity contribution in [3.8, 4) is 28.6 Å². The number of carbonyl (C=O) groups is 2. The van der Waals surface area contributed by atoms with E-state index in [1.807, 2.05) is 0 Å². The van der Waals surface area contributed by atoms with E-state index in [2.05, 4.69) is 0 Å². The highest BCUT2D eigenvalue weighted by Crippen LogP contribution is 2.33. The summed E-state index contributed by atoms with van der Waals surface area (Å²) in [4.78, 5) is 35.6. The lowest BCUT2D eigenvalue weighted by molar-refractivity contribution is -0.278. The van der Waals surface area contributed by atoms with Crippen LogP contribution in [0.2, 0.25) is 0 Å². The van der Waals surface area contributed by atoms with Gasteiger partial charge in [-0.2, -0.15) is 0 Å². The van der Waals surface area contributed by atoms with E-state index in [4.69, 9.17) is 23.7 Å². The normalized spacial score (nSPS) is 24.0. The van der Waals surface area contributed by atoms with Gasteiger partial charge in [0, 0.05) is 23.8 Å². The van der Waals surface area contributed by atoms with Gasteiger partial charge in [0.25, 0.3) is 0 Å². The molecule has 0 saturated carbocycles. The SMILES string of the molecule is CC(O)(CC(=O)O)CC(=O)OCC1O[C@@H](Oc2cc(O)c3c(=O)cc(-c4ccc(O)cc4)oc3c2)C(O)[C@@H](O)[C@@H]1O. The number of carboxylic acids is 1. The van der Waals surface area contributed by atoms with Crippen molar-refractivity contribution in [1.29, 1.82) is 0 Å². The lowest BCUT2D eigenvalue weighted by Crippen LogP contribution is -2.60. The van der Waals surface area contributed by atoms with Crippen LogP contribution >= 0.6 is 0 Å². The van der Waals surface area contributed by atoms with E-state index in [1.165, 1.54) is 30.3 Å². The van der Waals surface area contributed by atoms with E-state index in [9.17, 15) is 45.0 Å². The second-order valence-corrected chi connectivity index (χ2v) is 9.90. The first kappa shape index (κ1) is 29.8. The molecule has 220 valence electrons. The Morgan fingerprint density at radius 1 is 0.976 bits per heavy atom. The van der Waals surface area contributed by atoms with Crippen LogP contribution in [0.1, 0.15) is 19.8 Å². The number of ether oxygens (including phenoxy) is 3. The van der Waals surface area contributed by atoms with E-state index >= 15 is 0 Å². The number of carbonyl (C=O) groups excluding carboxylic acids is 1. The molecular weight excluding hydrogens is 548 g/mol. The summed E-state index contributed by atoms with van der Waals surface area (Å²) in [5.41, 5.74) is -2.11. The van der Waals surface area contributed by atoms with Crippen molar-refractivity contribution in [3.63, 3.8) is 0 Å². The molecule has 1 aliphatic heterocycles. The number of aromatic hydroxyl groups is 2. The number of aliphatic hydroxyl groups is 4. The summed E-state index contributed by atoms with van der Waals surface area (Å²) in [7, 11) is 0. The van der Waals surface area contributed by atoms with Gasteiger partial charge in [-0.15, -0.1) is 0 Å². The van der Waals surface area contributed by atoms with E-state index in [1.54, 1.807) is 0 Å². The average molecular weight is 577 g/mol. The third-order valence-electron chi connectivity index (χ3n) is 6.32. The number of esters is 1. The molecule has 0 radical (unpaired) electrons. The molecule has 14 heteroatoms. The Bertz CT molecular complexity index is 1480. The minimum Gasteiger partial charge on any atom is -0.508 e. The molecule has 0 bridgehead atoms. The van der Waals surface area contributed by atoms with Crippen LogP contribution in [0.4, 0.5) is 0 Å². The van der Waals surface area contributed by atoms with E-state index in [0.29, 0.717) is 5.56 Å². The summed E-state index contributed by atoms with van der Waals surface area (Å²) in [6.07, 6.45) is -9.83. The molecule has 1 saturated heterocycles. The van der Waals surface area contributed by atoms with Crippen LogP contribution in [0.5, 0.6) is 17.2 Å². The van der Waals surface area contributed by atoms with Gasteiger partial charge in [-0.3, -0.25) is 14.4 Å². The molecule has 1 fully saturated rings. The van der Waals surface area contributed by atoms with Crippen LogP contribution in [-0.4, -0.2) is 90.6 Å². The fourth-order valence-electron chi connectivity index (χ4n) is 4.29. The Morgan fingerprint density at radius 3 is 2.32 bits per heavy atom. The molecule has 0 amide bonds. The van der Waals surface area contributed by atoms with Gasteiger partial charge in [0.2, 0.25) is 6.29 Å². The molecule has 7 N–H and O–H groups in total. The van der Waals surface area contributed by atoms with Crippen molar-refractivity contribution >= 4 is 22.9 Å². The molecule has 41 heavy (non-hydrogen) atoms. The van der Waals surface area contributed by atoms with Gasteiger partial charge < -0.3 is 54.4 Å². The fraction of sp³-hybridized carbons (Fsp3) is 0.370. The summed E-state index contributed by atoms with van der Waals surface area (Å²) in [5, 5.41) is 69.7. The second kappa shape index (κ2) is 11.7. The number of aliphatic hydroxyl groups excluding tert-OH is 3. The summed E-state index contributed by atoms with van der Waals surface area (Å²) >= 11 is 0. The Labute approximate surface area is 231 Å². The third-order valence-corrected chi connectivity index (χ3v) is 6.32. The highest BCUT2D eigenvalue weighted by Gasteiger charge is 2.45. The fourth-order valence-corrected chi connectivity index (χ4v) is 4.29. The predicted octanol–water partition coefficient (Wildman–Crippen LogP) is 0.217. The van der Waals surface area contributed by atoms with Crippen LogP contribution in [0, 0.1) is 0 Å². The zero-order chi connectivity index (χ0) is 30.1. The van der Waals surface area contributed by atoms with Crippen molar-refractivity contribution in [2.24, 2.45) is 0 Å². The Morgan fingerprint density at radius 2 is 1.66 bits per heavy atom. The van der Waals surface area contributed by atoms with Gasteiger partial charge in [0.1, 0.15) is 65.0 Å². The Balaban J connectivity index is 1.52. The molecule has 0 aliphatic carbocycles. The maximum Gasteiger partial charge on any atom is 0.308 e. The summed E-state index contributed by atoms with van der Waals surface area (Å²) in [5.74, 6) is -2.90. The second-order valence-electron chi connectivity index (χ2n) is 9.90. The zero-order valence-electron chi connectivity index (χ0n) is 21.5. The lowest BCUT2D eigenvalue weighted by Gasteiger charge is -2.40. The van der Waals surface area contributed by atoms with Crippen LogP contribution in [-0.2, 0) is 19.1 Å². The van der Waals surface area contributed by atoms with Crippen LogP contribution in [0.3, 0.4) is 0 Å². The van der Waals surface area contributed by atoms with Crippen molar-refractivity contribution < 1.29 is 64.0 Å². The number of carboxylic acid groups (broad SMARTS) is 1. The topological polar surface area (TPSA) is 234 Å². The smallest absolute Gasteiger partial charge is 0.308 e. The van der Waals surface area contributed by atoms with Crippen LogP contribution in [0.25, 0.3) is 22.3 Å². The van der Waals surface area contributed by atoms with Gasteiger partial charge >= 0.3 is 11.9 Å². The number of hydrogen-bond acceptors (Lipinski definition) is 13. The molecule has 3 unspecified atom stereocenters. The van der Waals surface area contributed by atoms with E-state index in [0.717, 1.165) is 19.1 Å². The van der Waals surface area contributed by atoms with E-state index in [-0.39, 0.29) is 28.2 Å². The third kappa shape index (κ3) is 6.93. The number of benzene rings is 2. The minimum absolute atomic E-state index is 0.00157. The first-order chi connectivity index (χ1) is 19.2. The maximum absolute atomic E-state index is 12.7. The van der Waals surface area contributed by atoms with Crippen molar-refractivity contribution in [3.05, 3.63) is 52.7 Å². The zero-order valence-corrected chi connectivity index (χ0v) is 21.5. The predicted molar refractivity (Wildman–Crippen MR) is 137 cm³/mol. The number of phenols is 2. The summed E-state index contributed by atoms with van der Waals surface area (Å²) in [6, 6.07) is 9.25. The highest BCUT2D eigenvalue weighted by atomic mass is 16.7. The maximum atomic E-state index is 12.7. The highest BCUT2D eigenvalue weighted by molar-refractivity contribution is 5.86. The molecule has 1 aromatic heterocycles. The number of rotatable bonds is 9. The van der Waals surface area contributed by atoms with Crippen molar-refractivity contribution in [1.82, 2.24) is 0 Å². The Hall–Kier alpha value is -4.21. The van der Waals surface area contributed by atoms with Gasteiger partial charge in [-0.1, -0.05) is 0 Å². The molecule has 0 spiro atoms. The molecule has 3 aromatic rings. The lowest BCUT2D eigenvalue weighted by atomic mass is 9.98. The number of fused-ring (bicyclic) bond motifs is 1. The standard InChI is InChI=1S/C27H28O14/c1-27(37,9-20(31)32)10-21(33)38-11-19-23(34)24(35)25(36)26(41-19)39-14-6-15(29)22-16(30)8-17(40-18(22)7-14)12-2-4-13(28)5-3-12/h2-8,19,23-26,28-29,34-37H,9-11H2,1H3,(H,31,32)/t19?,23-,24+,25?,26-,27?/m1/s1. The number of phenolic OH excluding ortho intramolecular Hbond substituents is 2. The molecule has 2 heterocycles. The Kier molecular flexibility index (Phi) is 8.51. The van der Waals surface area contributed by atoms with Crippen molar-refractivity contribution in [2.45, 2.75) is 56.1 Å². The summed E-state index contributed by atoms with van der Waals surface area (Å²) in [6.45, 7) is 0.480. The number of hydrogen-bond donors (Lipinski definition) is 7. The molecule has 1 aliphatic rings. The molecule has 4 rings (SSSR count). The van der Waals surface area contributed by atoms with Crippen LogP contribution < -0.4 is 10.2 Å². The average Bonchev–Trinajstić information content (AvgIpc) is 2.87.